The van der Waals surface area contributed by atoms with Crippen LogP contribution in [0.2, 0.25) is 10.3 Å². The highest BCUT2D eigenvalue weighted by molar-refractivity contribution is 6.66. The molecule has 85 heavy (non-hydrogen) atoms. The summed E-state index contributed by atoms with van der Waals surface area (Å²) in [5.74, 6) is 0.461. The van der Waals surface area contributed by atoms with Crippen molar-refractivity contribution in [2.75, 3.05) is 13.2 Å². The van der Waals surface area contributed by atoms with Crippen LogP contribution < -0.4 is 11.0 Å². The molecule has 8 unspecified atom stereocenters. The molecule has 8 atom stereocenters. The minimum atomic E-state index is -4.93. The van der Waals surface area contributed by atoms with E-state index in [4.69, 9.17) is 90.4 Å². The third-order valence-corrected chi connectivity index (χ3v) is 20.2. The molecule has 14 heterocycles. The molecule has 0 radical (unpaired) electrons. The summed E-state index contributed by atoms with van der Waals surface area (Å²) in [6.07, 6.45) is -0.149. The molecule has 422 valence electrons. The van der Waals surface area contributed by atoms with Crippen molar-refractivity contribution >= 4 is 111 Å². The lowest BCUT2D eigenvalue weighted by Gasteiger charge is -2.35. The van der Waals surface area contributed by atoms with Crippen LogP contribution in [-0.4, -0.2) is 141 Å². The Bertz CT molecular complexity index is 4570. The largest absolute Gasteiger partial charge is 0.603 e. The molecule has 10 aromatic rings. The van der Waals surface area contributed by atoms with E-state index in [0.29, 0.717) is 68.3 Å². The first-order valence-corrected chi connectivity index (χ1v) is 30.1. The van der Waals surface area contributed by atoms with Gasteiger partial charge in [-0.2, -0.15) is 0 Å². The Labute approximate surface area is 490 Å². The van der Waals surface area contributed by atoms with Gasteiger partial charge in [0.05, 0.1) is 25.9 Å². The third kappa shape index (κ3) is 7.30. The molecule has 0 aliphatic carbocycles. The Morgan fingerprint density at radius 3 is 1.28 bits per heavy atom. The van der Waals surface area contributed by atoms with Gasteiger partial charge in [0.1, 0.15) is 82.9 Å². The number of amidine groups is 4. The summed E-state index contributed by atoms with van der Waals surface area (Å²) >= 11 is 13.2. The molecule has 8 aliphatic rings. The fraction of sp³-hybridized carbons (Fsp3) is 0.276. The average Bonchev–Trinajstić information content (AvgIpc) is 2.08. The number of ether oxygens (including phenoxy) is 6. The van der Waals surface area contributed by atoms with Crippen LogP contribution in [0.3, 0.4) is 0 Å². The highest BCUT2D eigenvalue weighted by atomic mass is 35.5. The first kappa shape index (κ1) is 50.2. The summed E-state index contributed by atoms with van der Waals surface area (Å²) in [7, 11) is -4.93. The predicted octanol–water partition coefficient (Wildman–Crippen LogP) is 7.23. The van der Waals surface area contributed by atoms with Crippen LogP contribution in [0.5, 0.6) is 0 Å². The fourth-order valence-corrected chi connectivity index (χ4v) is 16.8. The molecular weight excluding hydrogens is 1150 g/mol. The molecule has 0 saturated carbocycles. The standard InChI is InChI=1S/C58H44Cl2N16O8Si/c1-57(2)81-39-35(79-55(41(39)83-57)73-25-65-37-43(59)61-23-63-53(37)73)21-77-85(78-22-36-40-42(84-58(3,4)82-40)56(80-36)74-26-66-38-44(60)62-24-64-54(38)74)75-49-31-17-9-10-18-32(31)51(75)71-47-29-15-7-8-16-30(29)48(68-47)72-52-34-20-12-11-19-33(34)50(76(52)85)70-46-28-14-6-5-13-27(28)45(67-46)69-49/h5-20,23-26,35-36,39-42,55-56H,21-22H2,1-4H3. The SMILES string of the molecule is CC1(C)OC2C(CO[Si]3(OCC4OC(n5cnc6c(Cl)ncnc65)C5OC(C)(C)OC45)n4c5c6ccccc6c4N=C4N=C(N=c6c7ccccc7c(n63)=NC3=NC(=N5)c5ccccc53)c3ccccc34)OC(n3cnc4c(Cl)ncnc43)C2O1. The maximum Gasteiger partial charge on any atom is 0.603 e. The lowest BCUT2D eigenvalue weighted by molar-refractivity contribution is -0.201. The zero-order valence-electron chi connectivity index (χ0n) is 45.3. The predicted molar refractivity (Wildman–Crippen MR) is 309 cm³/mol. The fourth-order valence-electron chi connectivity index (χ4n) is 13.2. The van der Waals surface area contributed by atoms with E-state index in [1.54, 1.807) is 21.8 Å². The van der Waals surface area contributed by atoms with E-state index in [9.17, 15) is 0 Å². The Morgan fingerprint density at radius 1 is 0.459 bits per heavy atom. The van der Waals surface area contributed by atoms with Crippen molar-refractivity contribution in [3.8, 4) is 0 Å². The van der Waals surface area contributed by atoms with E-state index in [1.807, 2.05) is 133 Å². The van der Waals surface area contributed by atoms with Gasteiger partial charge in [-0.05, 0) is 27.7 Å². The van der Waals surface area contributed by atoms with Crippen LogP contribution in [-0.2, 0) is 37.3 Å². The topological polar surface area (TPSA) is 245 Å². The molecule has 4 saturated heterocycles. The quantitative estimate of drug-likeness (QED) is 0.108. The third-order valence-electron chi connectivity index (χ3n) is 16.6. The second kappa shape index (κ2) is 17.9. The zero-order valence-corrected chi connectivity index (χ0v) is 47.8. The van der Waals surface area contributed by atoms with E-state index in [1.165, 1.54) is 12.7 Å². The molecule has 6 aromatic heterocycles. The van der Waals surface area contributed by atoms with Crippen molar-refractivity contribution in [3.63, 3.8) is 0 Å². The summed E-state index contributed by atoms with van der Waals surface area (Å²) in [4.78, 5) is 59.9. The zero-order chi connectivity index (χ0) is 56.8. The van der Waals surface area contributed by atoms with E-state index in [0.717, 1.165) is 43.8 Å². The van der Waals surface area contributed by atoms with Gasteiger partial charge in [0.2, 0.25) is 0 Å². The van der Waals surface area contributed by atoms with E-state index in [2.05, 4.69) is 29.9 Å². The minimum absolute atomic E-state index is 0.184. The molecule has 0 N–H and O–H groups in total. The average molecular weight is 1190 g/mol. The summed E-state index contributed by atoms with van der Waals surface area (Å²) in [6, 6.07) is 31.8. The summed E-state index contributed by atoms with van der Waals surface area (Å²) in [5.41, 5.74) is 5.69. The van der Waals surface area contributed by atoms with Crippen molar-refractivity contribution in [2.45, 2.75) is 88.3 Å². The van der Waals surface area contributed by atoms with Crippen molar-refractivity contribution < 1.29 is 37.3 Å². The number of rotatable bonds is 8. The molecule has 27 heteroatoms. The molecule has 8 aliphatic heterocycles. The van der Waals surface area contributed by atoms with Gasteiger partial charge in [-0.15, -0.1) is 0 Å². The van der Waals surface area contributed by atoms with Gasteiger partial charge in [0.25, 0.3) is 0 Å². The highest BCUT2D eigenvalue weighted by Gasteiger charge is 2.62. The van der Waals surface area contributed by atoms with Gasteiger partial charge in [0, 0.05) is 43.8 Å². The van der Waals surface area contributed by atoms with Gasteiger partial charge in [-0.1, -0.05) is 120 Å². The van der Waals surface area contributed by atoms with Crippen LogP contribution in [0.1, 0.15) is 62.4 Å². The molecule has 24 nitrogen and oxygen atoms in total. The number of hydrogen-bond donors (Lipinski definition) is 0. The number of halogens is 2. The monoisotopic (exact) mass is 1190 g/mol. The molecule has 4 aromatic carbocycles. The molecule has 0 amide bonds. The van der Waals surface area contributed by atoms with E-state index >= 15 is 0 Å². The Morgan fingerprint density at radius 2 is 0.847 bits per heavy atom. The molecule has 18 rings (SSSR count). The van der Waals surface area contributed by atoms with Gasteiger partial charge in [-0.3, -0.25) is 17.6 Å². The lowest BCUT2D eigenvalue weighted by atomic mass is 10.1. The van der Waals surface area contributed by atoms with Crippen molar-refractivity contribution in [3.05, 3.63) is 166 Å². The normalized spacial score (nSPS) is 27.1. The summed E-state index contributed by atoms with van der Waals surface area (Å²) < 4.78 is 65.4. The molecule has 6 bridgehead atoms. The minimum Gasteiger partial charge on any atom is -0.358 e. The maximum absolute atomic E-state index is 8.12. The number of aliphatic imine (C=N–C) groups is 4. The molecule has 0 spiro atoms. The molecular formula is C58H44Cl2N16O8Si. The van der Waals surface area contributed by atoms with Crippen LogP contribution in [0, 0.1) is 0 Å². The number of hydrogen-bond acceptors (Lipinski definition) is 20. The lowest BCUT2D eigenvalue weighted by Crippen LogP contribution is -2.65. The summed E-state index contributed by atoms with van der Waals surface area (Å²) in [6.45, 7) is 7.12. The van der Waals surface area contributed by atoms with E-state index < -0.39 is 69.5 Å². The van der Waals surface area contributed by atoms with E-state index in [-0.39, 0.29) is 23.5 Å². The number of imidazole rings is 2. The van der Waals surface area contributed by atoms with Crippen molar-refractivity contribution in [1.29, 1.82) is 0 Å². The van der Waals surface area contributed by atoms with Gasteiger partial charge < -0.3 is 37.3 Å². The second-order valence-electron chi connectivity index (χ2n) is 22.5. The van der Waals surface area contributed by atoms with Gasteiger partial charge >= 0.3 is 8.88 Å². The van der Waals surface area contributed by atoms with Crippen LogP contribution >= 0.6 is 23.2 Å². The maximum atomic E-state index is 8.12. The van der Waals surface area contributed by atoms with Crippen molar-refractivity contribution in [1.82, 2.24) is 47.5 Å². The first-order valence-electron chi connectivity index (χ1n) is 27.6. The smallest absolute Gasteiger partial charge is 0.358 e. The van der Waals surface area contributed by atoms with Crippen molar-refractivity contribution in [2.24, 2.45) is 30.0 Å². The Kier molecular flexibility index (Phi) is 10.6. The van der Waals surface area contributed by atoms with Crippen LogP contribution in [0.25, 0.3) is 43.9 Å². The first-order chi connectivity index (χ1) is 41.4. The number of aromatic nitrogens is 10. The highest BCUT2D eigenvalue weighted by Crippen LogP contribution is 2.49. The van der Waals surface area contributed by atoms with Gasteiger partial charge in [-0.25, -0.2) is 59.9 Å². The Hall–Kier alpha value is -8.18. The molecule has 4 fully saturated rings. The number of benzene rings is 4. The van der Waals surface area contributed by atoms with Gasteiger partial charge in [0.15, 0.2) is 69.0 Å². The summed E-state index contributed by atoms with van der Waals surface area (Å²) in [5, 5.41) is 3.28. The van der Waals surface area contributed by atoms with Crippen LogP contribution in [0.4, 0.5) is 11.6 Å². The number of nitrogens with zero attached hydrogens (tertiary/aromatic N) is 16. The number of fused-ring (bicyclic) bond motifs is 18. The van der Waals surface area contributed by atoms with Crippen LogP contribution in [0.15, 0.2) is 152 Å². The Balaban J connectivity index is 0.913. The second-order valence-corrected chi connectivity index (χ2v) is 25.8.